The predicted octanol–water partition coefficient (Wildman–Crippen LogP) is 4.61. The molecule has 4 rings (SSSR count). The minimum absolute atomic E-state index is 0.0415. The lowest BCUT2D eigenvalue weighted by Crippen LogP contribution is -2.14. The van der Waals surface area contributed by atoms with Gasteiger partial charge in [-0.15, -0.1) is 0 Å². The lowest BCUT2D eigenvalue weighted by molar-refractivity contribution is -0.384. The number of anilines is 2. The van der Waals surface area contributed by atoms with Crippen LogP contribution < -0.4 is 10.0 Å². The highest BCUT2D eigenvalue weighted by atomic mass is 32.2. The minimum atomic E-state index is -4.07. The first-order valence-corrected chi connectivity index (χ1v) is 11.9. The highest BCUT2D eigenvalue weighted by Gasteiger charge is 2.19. The summed E-state index contributed by atoms with van der Waals surface area (Å²) >= 11 is 0. The van der Waals surface area contributed by atoms with Crippen molar-refractivity contribution in [1.29, 1.82) is 0 Å². The third-order valence-electron chi connectivity index (χ3n) is 5.11. The molecule has 4 aromatic carbocycles. The molecule has 10 nitrogen and oxygen atoms in total. The second-order valence-electron chi connectivity index (χ2n) is 7.67. The molecule has 0 aromatic heterocycles. The quantitative estimate of drug-likeness (QED) is 0.162. The number of nitrogens with zero attached hydrogens (tertiary/aromatic N) is 1. The van der Waals surface area contributed by atoms with Crippen LogP contribution in [0.1, 0.15) is 5.56 Å². The van der Waals surface area contributed by atoms with Gasteiger partial charge >= 0.3 is 0 Å². The van der Waals surface area contributed by atoms with Gasteiger partial charge in [0.25, 0.3) is 15.7 Å². The molecule has 0 spiro atoms. The molecular formula is C25H19N3O7S. The van der Waals surface area contributed by atoms with Crippen molar-refractivity contribution in [2.24, 2.45) is 0 Å². The van der Waals surface area contributed by atoms with Gasteiger partial charge in [-0.2, -0.15) is 0 Å². The van der Waals surface area contributed by atoms with Crippen molar-refractivity contribution in [3.05, 3.63) is 101 Å². The number of amides is 1. The predicted molar refractivity (Wildman–Crippen MR) is 135 cm³/mol. The maximum Gasteiger partial charge on any atom is 0.269 e. The first kappa shape index (κ1) is 24.2. The lowest BCUT2D eigenvalue weighted by Gasteiger charge is -2.13. The summed E-state index contributed by atoms with van der Waals surface area (Å²) in [5, 5.41) is 33.5. The van der Waals surface area contributed by atoms with E-state index >= 15 is 0 Å². The molecule has 0 aliphatic heterocycles. The zero-order valence-electron chi connectivity index (χ0n) is 18.5. The van der Waals surface area contributed by atoms with E-state index in [1.54, 1.807) is 24.3 Å². The Morgan fingerprint density at radius 2 is 1.53 bits per heavy atom. The zero-order chi connectivity index (χ0) is 25.9. The normalized spacial score (nSPS) is 11.4. The van der Waals surface area contributed by atoms with Gasteiger partial charge in [-0.1, -0.05) is 24.3 Å². The molecule has 0 atom stereocenters. The highest BCUT2D eigenvalue weighted by Crippen LogP contribution is 2.30. The molecule has 4 aromatic rings. The lowest BCUT2D eigenvalue weighted by atomic mass is 10.1. The maximum atomic E-state index is 13.1. The molecule has 36 heavy (non-hydrogen) atoms. The molecule has 0 saturated carbocycles. The molecule has 0 fully saturated rings. The number of fused-ring (bicyclic) bond motifs is 1. The Labute approximate surface area is 205 Å². The zero-order valence-corrected chi connectivity index (χ0v) is 19.3. The fraction of sp³-hybridized carbons (Fsp3) is 0. The van der Waals surface area contributed by atoms with Crippen molar-refractivity contribution < 1.29 is 28.3 Å². The number of nitro benzene ring substituents is 1. The molecule has 0 aliphatic rings. The van der Waals surface area contributed by atoms with Crippen molar-refractivity contribution in [3.63, 3.8) is 0 Å². The monoisotopic (exact) mass is 505 g/mol. The molecule has 11 heteroatoms. The van der Waals surface area contributed by atoms with Gasteiger partial charge in [-0.05, 0) is 48.0 Å². The van der Waals surface area contributed by atoms with E-state index in [-0.39, 0.29) is 27.8 Å². The summed E-state index contributed by atoms with van der Waals surface area (Å²) in [5.74, 6) is -0.817. The summed E-state index contributed by atoms with van der Waals surface area (Å²) in [6.07, 6.45) is 2.62. The van der Waals surface area contributed by atoms with Crippen LogP contribution in [0.5, 0.6) is 11.5 Å². The van der Waals surface area contributed by atoms with Crippen LogP contribution >= 0.6 is 0 Å². The van der Waals surface area contributed by atoms with Crippen LogP contribution in [0.15, 0.2) is 89.8 Å². The van der Waals surface area contributed by atoms with E-state index in [0.717, 1.165) is 6.07 Å². The molecule has 0 saturated heterocycles. The Morgan fingerprint density at radius 3 is 2.19 bits per heavy atom. The van der Waals surface area contributed by atoms with Crippen LogP contribution in [0.2, 0.25) is 0 Å². The number of hydrogen-bond acceptors (Lipinski definition) is 7. The first-order chi connectivity index (χ1) is 17.1. The van der Waals surface area contributed by atoms with Crippen LogP contribution in [0.25, 0.3) is 16.8 Å². The molecular weight excluding hydrogens is 486 g/mol. The molecule has 0 radical (unpaired) electrons. The average Bonchev–Trinajstić information content (AvgIpc) is 2.82. The first-order valence-electron chi connectivity index (χ1n) is 10.4. The van der Waals surface area contributed by atoms with E-state index in [9.17, 15) is 33.5 Å². The summed E-state index contributed by atoms with van der Waals surface area (Å²) in [7, 11) is -4.07. The summed E-state index contributed by atoms with van der Waals surface area (Å²) in [5.41, 5.74) is 0.767. The molecule has 4 N–H and O–H groups in total. The molecule has 182 valence electrons. The molecule has 0 aliphatic carbocycles. The van der Waals surface area contributed by atoms with Crippen molar-refractivity contribution in [3.8, 4) is 11.5 Å². The van der Waals surface area contributed by atoms with Gasteiger partial charge < -0.3 is 15.5 Å². The van der Waals surface area contributed by atoms with Crippen LogP contribution in [0.3, 0.4) is 0 Å². The Hall–Kier alpha value is -4.90. The van der Waals surface area contributed by atoms with Crippen molar-refractivity contribution in [1.82, 2.24) is 0 Å². The van der Waals surface area contributed by atoms with E-state index in [1.807, 2.05) is 0 Å². The largest absolute Gasteiger partial charge is 0.508 e. The summed E-state index contributed by atoms with van der Waals surface area (Å²) < 4.78 is 28.6. The fourth-order valence-electron chi connectivity index (χ4n) is 3.55. The molecule has 0 bridgehead atoms. The van der Waals surface area contributed by atoms with Crippen LogP contribution in [0.4, 0.5) is 17.1 Å². The average molecular weight is 506 g/mol. The number of phenolic OH excluding ortho intramolecular Hbond substituents is 2. The number of sulfonamides is 1. The van der Waals surface area contributed by atoms with Crippen molar-refractivity contribution >= 4 is 49.8 Å². The Morgan fingerprint density at radius 1 is 0.889 bits per heavy atom. The van der Waals surface area contributed by atoms with E-state index in [4.69, 9.17) is 0 Å². The van der Waals surface area contributed by atoms with E-state index in [1.165, 1.54) is 60.7 Å². The van der Waals surface area contributed by atoms with Gasteiger partial charge in [-0.25, -0.2) is 8.42 Å². The SMILES string of the molecule is O=C(/C=C/c1cc(O)cc(O)c1)Nc1cccc2c(S(=O)(=O)Nc3ccc([N+](=O)[O-])cc3)cccc12. The van der Waals surface area contributed by atoms with E-state index in [2.05, 4.69) is 10.0 Å². The smallest absolute Gasteiger partial charge is 0.269 e. The van der Waals surface area contributed by atoms with E-state index in [0.29, 0.717) is 22.0 Å². The number of hydrogen-bond donors (Lipinski definition) is 4. The Bertz CT molecular complexity index is 1590. The van der Waals surface area contributed by atoms with Gasteiger partial charge in [0.05, 0.1) is 9.82 Å². The van der Waals surface area contributed by atoms with Crippen LogP contribution in [-0.4, -0.2) is 29.5 Å². The minimum Gasteiger partial charge on any atom is -0.508 e. The Balaban J connectivity index is 1.60. The van der Waals surface area contributed by atoms with Gasteiger partial charge in [0.2, 0.25) is 5.91 Å². The van der Waals surface area contributed by atoms with Crippen LogP contribution in [-0.2, 0) is 14.8 Å². The van der Waals surface area contributed by atoms with Gasteiger partial charge in [0.15, 0.2) is 0 Å². The maximum absolute atomic E-state index is 13.1. The van der Waals surface area contributed by atoms with Gasteiger partial charge in [-0.3, -0.25) is 19.6 Å². The number of nitrogens with one attached hydrogen (secondary N) is 2. The third kappa shape index (κ3) is 5.42. The Kier molecular flexibility index (Phi) is 6.57. The summed E-state index contributed by atoms with van der Waals surface area (Å²) in [4.78, 5) is 22.7. The number of phenols is 2. The number of nitro groups is 1. The van der Waals surface area contributed by atoms with E-state index < -0.39 is 20.9 Å². The van der Waals surface area contributed by atoms with Crippen molar-refractivity contribution in [2.75, 3.05) is 10.0 Å². The van der Waals surface area contributed by atoms with Crippen molar-refractivity contribution in [2.45, 2.75) is 4.90 Å². The number of carbonyl (C=O) groups is 1. The van der Waals surface area contributed by atoms with Crippen LogP contribution in [0, 0.1) is 10.1 Å². The number of rotatable bonds is 7. The molecule has 1 amide bonds. The number of non-ortho nitro benzene ring substituents is 1. The second kappa shape index (κ2) is 9.76. The van der Waals surface area contributed by atoms with Gasteiger partial charge in [0, 0.05) is 46.4 Å². The topological polar surface area (TPSA) is 159 Å². The third-order valence-corrected chi connectivity index (χ3v) is 6.55. The summed E-state index contributed by atoms with van der Waals surface area (Å²) in [6.45, 7) is 0. The number of benzene rings is 4. The number of aromatic hydroxyl groups is 2. The highest BCUT2D eigenvalue weighted by molar-refractivity contribution is 7.93. The standard InChI is InChI=1S/C25H19N3O7S/c29-19-13-16(14-20(30)15-19)7-12-25(31)26-23-5-1-4-22-21(23)3-2-6-24(22)36(34,35)27-17-8-10-18(11-9-17)28(32)33/h1-15,27,29-30H,(H,26,31)/b12-7+. The summed E-state index contributed by atoms with van der Waals surface area (Å²) in [6, 6.07) is 18.3. The second-order valence-corrected chi connectivity index (χ2v) is 9.32. The number of carbonyl (C=O) groups excluding carboxylic acids is 1. The molecule has 0 heterocycles. The molecule has 0 unspecified atom stereocenters. The fourth-order valence-corrected chi connectivity index (χ4v) is 4.83. The van der Waals surface area contributed by atoms with Gasteiger partial charge in [0.1, 0.15) is 11.5 Å².